The van der Waals surface area contributed by atoms with Crippen molar-refractivity contribution in [3.05, 3.63) is 54.0 Å². The number of anilines is 1. The molecule has 0 bridgehead atoms. The normalized spacial score (nSPS) is 23.3. The third-order valence-electron chi connectivity index (χ3n) is 5.31. The van der Waals surface area contributed by atoms with Gasteiger partial charge in [0, 0.05) is 56.9 Å². The van der Waals surface area contributed by atoms with Gasteiger partial charge in [-0.2, -0.15) is 0 Å². The zero-order valence-electron chi connectivity index (χ0n) is 15.1. The van der Waals surface area contributed by atoms with Crippen molar-refractivity contribution in [1.29, 1.82) is 0 Å². The van der Waals surface area contributed by atoms with E-state index in [1.54, 1.807) is 12.4 Å². The Bertz CT molecular complexity index is 766. The van der Waals surface area contributed by atoms with Gasteiger partial charge in [-0.3, -0.25) is 9.78 Å². The molecule has 0 spiro atoms. The van der Waals surface area contributed by atoms with Crippen LogP contribution in [0, 0.1) is 5.92 Å². The molecular formula is C20H25N5O. The number of hydrogen-bond acceptors (Lipinski definition) is 5. The van der Waals surface area contributed by atoms with E-state index >= 15 is 0 Å². The number of pyridine rings is 2. The Morgan fingerprint density at radius 1 is 1.27 bits per heavy atom. The van der Waals surface area contributed by atoms with Crippen LogP contribution < -0.4 is 10.2 Å². The SMILES string of the molecule is CC1CCN(c2cc(C(=O)N3CCNCC3c3cccnc3)ccn2)C1. The molecule has 2 aliphatic heterocycles. The van der Waals surface area contributed by atoms with Crippen LogP contribution in [-0.2, 0) is 0 Å². The highest BCUT2D eigenvalue weighted by Gasteiger charge is 2.29. The second-order valence-electron chi connectivity index (χ2n) is 7.25. The molecule has 2 aliphatic rings. The predicted octanol–water partition coefficient (Wildman–Crippen LogP) is 2.11. The third-order valence-corrected chi connectivity index (χ3v) is 5.31. The van der Waals surface area contributed by atoms with Crippen molar-refractivity contribution in [2.45, 2.75) is 19.4 Å². The molecule has 136 valence electrons. The molecule has 2 aromatic heterocycles. The molecule has 6 heteroatoms. The average molecular weight is 351 g/mol. The number of rotatable bonds is 3. The maximum atomic E-state index is 13.2. The van der Waals surface area contributed by atoms with Crippen LogP contribution in [-0.4, -0.2) is 53.5 Å². The summed E-state index contributed by atoms with van der Waals surface area (Å²) < 4.78 is 0. The molecule has 26 heavy (non-hydrogen) atoms. The van der Waals surface area contributed by atoms with Gasteiger partial charge in [0.1, 0.15) is 5.82 Å². The van der Waals surface area contributed by atoms with Gasteiger partial charge in [0.15, 0.2) is 0 Å². The Hall–Kier alpha value is -2.47. The zero-order valence-corrected chi connectivity index (χ0v) is 15.1. The highest BCUT2D eigenvalue weighted by atomic mass is 16.2. The Morgan fingerprint density at radius 2 is 2.19 bits per heavy atom. The number of carbonyl (C=O) groups is 1. The van der Waals surface area contributed by atoms with Crippen molar-refractivity contribution in [2.24, 2.45) is 5.92 Å². The van der Waals surface area contributed by atoms with Crippen LogP contribution in [0.25, 0.3) is 0 Å². The van der Waals surface area contributed by atoms with E-state index in [0.29, 0.717) is 18.0 Å². The van der Waals surface area contributed by atoms with Crippen molar-refractivity contribution < 1.29 is 4.79 Å². The first-order valence-electron chi connectivity index (χ1n) is 9.35. The Morgan fingerprint density at radius 3 is 2.96 bits per heavy atom. The summed E-state index contributed by atoms with van der Waals surface area (Å²) in [4.78, 5) is 26.2. The molecule has 1 amide bonds. The quantitative estimate of drug-likeness (QED) is 0.918. The van der Waals surface area contributed by atoms with Gasteiger partial charge in [-0.1, -0.05) is 13.0 Å². The lowest BCUT2D eigenvalue weighted by Crippen LogP contribution is -2.48. The molecule has 2 atom stereocenters. The van der Waals surface area contributed by atoms with E-state index in [2.05, 4.69) is 27.1 Å². The fourth-order valence-electron chi connectivity index (χ4n) is 3.85. The standard InChI is InChI=1S/C20H25N5O/c1-15-5-9-24(14-15)19-11-16(4-7-23-19)20(26)25-10-8-22-13-18(25)17-3-2-6-21-12-17/h2-4,6-7,11-12,15,18,22H,5,8-10,13-14H2,1H3. The lowest BCUT2D eigenvalue weighted by molar-refractivity contribution is 0.0634. The van der Waals surface area contributed by atoms with Crippen molar-refractivity contribution in [2.75, 3.05) is 37.6 Å². The highest BCUT2D eigenvalue weighted by Crippen LogP contribution is 2.26. The summed E-state index contributed by atoms with van der Waals surface area (Å²) in [7, 11) is 0. The Kier molecular flexibility index (Phi) is 4.84. The average Bonchev–Trinajstić information content (AvgIpc) is 3.15. The van der Waals surface area contributed by atoms with Crippen LogP contribution in [0.15, 0.2) is 42.9 Å². The summed E-state index contributed by atoms with van der Waals surface area (Å²) in [6, 6.07) is 7.74. The number of aromatic nitrogens is 2. The van der Waals surface area contributed by atoms with E-state index in [1.807, 2.05) is 35.4 Å². The second-order valence-corrected chi connectivity index (χ2v) is 7.25. The number of carbonyl (C=O) groups excluding carboxylic acids is 1. The molecule has 2 fully saturated rings. The van der Waals surface area contributed by atoms with Gasteiger partial charge in [0.2, 0.25) is 0 Å². The van der Waals surface area contributed by atoms with Crippen LogP contribution in [0.3, 0.4) is 0 Å². The minimum Gasteiger partial charge on any atom is -0.356 e. The van der Waals surface area contributed by atoms with Crippen LogP contribution >= 0.6 is 0 Å². The van der Waals surface area contributed by atoms with Crippen LogP contribution in [0.2, 0.25) is 0 Å². The summed E-state index contributed by atoms with van der Waals surface area (Å²) in [5.41, 5.74) is 1.78. The van der Waals surface area contributed by atoms with Crippen molar-refractivity contribution >= 4 is 11.7 Å². The number of piperazine rings is 1. The number of hydrogen-bond donors (Lipinski definition) is 1. The molecule has 0 saturated carbocycles. The van der Waals surface area contributed by atoms with Crippen molar-refractivity contribution in [3.8, 4) is 0 Å². The van der Waals surface area contributed by atoms with E-state index in [9.17, 15) is 4.79 Å². The molecule has 6 nitrogen and oxygen atoms in total. The van der Waals surface area contributed by atoms with Gasteiger partial charge in [-0.15, -0.1) is 0 Å². The monoisotopic (exact) mass is 351 g/mol. The molecule has 2 aromatic rings. The third kappa shape index (κ3) is 3.42. The summed E-state index contributed by atoms with van der Waals surface area (Å²) in [6.07, 6.45) is 6.55. The van der Waals surface area contributed by atoms with Crippen molar-refractivity contribution in [3.63, 3.8) is 0 Å². The van der Waals surface area contributed by atoms with E-state index in [4.69, 9.17) is 0 Å². The minimum atomic E-state index is 0.00775. The molecular weight excluding hydrogens is 326 g/mol. The maximum absolute atomic E-state index is 13.2. The molecule has 2 unspecified atom stereocenters. The fourth-order valence-corrected chi connectivity index (χ4v) is 3.85. The number of nitrogens with one attached hydrogen (secondary N) is 1. The fraction of sp³-hybridized carbons (Fsp3) is 0.450. The van der Waals surface area contributed by atoms with E-state index in [1.165, 1.54) is 6.42 Å². The Balaban J connectivity index is 1.58. The van der Waals surface area contributed by atoms with E-state index in [-0.39, 0.29) is 11.9 Å². The van der Waals surface area contributed by atoms with Crippen molar-refractivity contribution in [1.82, 2.24) is 20.2 Å². The zero-order chi connectivity index (χ0) is 17.9. The Labute approximate surface area is 154 Å². The lowest BCUT2D eigenvalue weighted by atomic mass is 10.0. The van der Waals surface area contributed by atoms with Gasteiger partial charge in [0.25, 0.3) is 5.91 Å². The van der Waals surface area contributed by atoms with Crippen LogP contribution in [0.1, 0.15) is 35.3 Å². The van der Waals surface area contributed by atoms with Gasteiger partial charge < -0.3 is 15.1 Å². The van der Waals surface area contributed by atoms with Gasteiger partial charge in [-0.05, 0) is 36.1 Å². The lowest BCUT2D eigenvalue weighted by Gasteiger charge is -2.36. The minimum absolute atomic E-state index is 0.00775. The molecule has 0 radical (unpaired) electrons. The molecule has 4 heterocycles. The van der Waals surface area contributed by atoms with Gasteiger partial charge in [0.05, 0.1) is 6.04 Å². The predicted molar refractivity (Wildman–Crippen MR) is 101 cm³/mol. The molecule has 4 rings (SSSR count). The molecule has 0 aliphatic carbocycles. The summed E-state index contributed by atoms with van der Waals surface area (Å²) >= 11 is 0. The topological polar surface area (TPSA) is 61.4 Å². The highest BCUT2D eigenvalue weighted by molar-refractivity contribution is 5.95. The smallest absolute Gasteiger partial charge is 0.254 e. The van der Waals surface area contributed by atoms with E-state index < -0.39 is 0 Å². The largest absolute Gasteiger partial charge is 0.356 e. The summed E-state index contributed by atoms with van der Waals surface area (Å²) in [5, 5.41) is 3.39. The summed E-state index contributed by atoms with van der Waals surface area (Å²) in [6.45, 7) is 6.53. The first kappa shape index (κ1) is 17.0. The van der Waals surface area contributed by atoms with Crippen LogP contribution in [0.4, 0.5) is 5.82 Å². The van der Waals surface area contributed by atoms with Gasteiger partial charge in [-0.25, -0.2) is 4.98 Å². The first-order valence-corrected chi connectivity index (χ1v) is 9.35. The molecule has 0 aromatic carbocycles. The maximum Gasteiger partial charge on any atom is 0.254 e. The molecule has 2 saturated heterocycles. The van der Waals surface area contributed by atoms with Crippen LogP contribution in [0.5, 0.6) is 0 Å². The summed E-state index contributed by atoms with van der Waals surface area (Å²) in [5.74, 6) is 1.66. The van der Waals surface area contributed by atoms with E-state index in [0.717, 1.165) is 37.6 Å². The number of amides is 1. The molecule has 1 N–H and O–H groups in total. The number of nitrogens with zero attached hydrogens (tertiary/aromatic N) is 4. The first-order chi connectivity index (χ1) is 12.7. The van der Waals surface area contributed by atoms with Gasteiger partial charge >= 0.3 is 0 Å². The second kappa shape index (κ2) is 7.41.